The molecule has 0 saturated heterocycles. The molecule has 114 valence electrons. The van der Waals surface area contributed by atoms with Gasteiger partial charge in [-0.3, -0.25) is 4.21 Å². The Bertz CT molecular complexity index is 463. The van der Waals surface area contributed by atoms with E-state index in [0.717, 1.165) is 5.56 Å². The molecule has 2 nitrogen and oxygen atoms in total. The van der Waals surface area contributed by atoms with Crippen LogP contribution in [0.4, 0.5) is 13.2 Å². The second-order valence-corrected chi connectivity index (χ2v) is 7.26. The molecule has 0 spiro atoms. The highest BCUT2D eigenvalue weighted by molar-refractivity contribution is 7.85. The minimum Gasteiger partial charge on any atom is -0.330 e. The summed E-state index contributed by atoms with van der Waals surface area (Å²) in [6.07, 6.45) is -4.41. The van der Waals surface area contributed by atoms with Crippen molar-refractivity contribution in [3.05, 3.63) is 29.8 Å². The average molecular weight is 307 g/mol. The Morgan fingerprint density at radius 1 is 1.15 bits per heavy atom. The molecule has 0 heterocycles. The fraction of sp³-hybridized carbons (Fsp3) is 0.571. The highest BCUT2D eigenvalue weighted by Crippen LogP contribution is 2.28. The van der Waals surface area contributed by atoms with Crippen LogP contribution in [0.2, 0.25) is 0 Å². The Morgan fingerprint density at radius 2 is 1.65 bits per heavy atom. The number of hydrogen-bond acceptors (Lipinski definition) is 2. The lowest BCUT2D eigenvalue weighted by molar-refractivity contribution is -0.165. The van der Waals surface area contributed by atoms with Gasteiger partial charge in [0.25, 0.3) is 0 Å². The number of halogens is 3. The summed E-state index contributed by atoms with van der Waals surface area (Å²) < 4.78 is 49.8. The summed E-state index contributed by atoms with van der Waals surface area (Å²) in [7, 11) is -1.69. The third-order valence-electron chi connectivity index (χ3n) is 3.08. The molecule has 0 amide bonds. The first-order chi connectivity index (χ1) is 9.05. The summed E-state index contributed by atoms with van der Waals surface area (Å²) in [6.45, 7) is 5.56. The van der Waals surface area contributed by atoms with Gasteiger partial charge >= 0.3 is 6.18 Å². The Balaban J connectivity index is 2.83. The zero-order valence-corrected chi connectivity index (χ0v) is 12.6. The molecule has 1 rings (SSSR count). The number of nitrogens with two attached hydrogens (primary N) is 1. The highest BCUT2D eigenvalue weighted by atomic mass is 32.2. The van der Waals surface area contributed by atoms with Gasteiger partial charge in [0.2, 0.25) is 0 Å². The Labute approximate surface area is 120 Å². The molecule has 0 aromatic heterocycles. The second kappa shape index (κ2) is 6.26. The average Bonchev–Trinajstić information content (AvgIpc) is 2.33. The fourth-order valence-corrected chi connectivity index (χ4v) is 3.00. The van der Waals surface area contributed by atoms with Crippen molar-refractivity contribution in [3.8, 4) is 0 Å². The van der Waals surface area contributed by atoms with E-state index in [2.05, 4.69) is 0 Å². The van der Waals surface area contributed by atoms with E-state index in [9.17, 15) is 17.4 Å². The van der Waals surface area contributed by atoms with E-state index < -0.39 is 35.2 Å². The van der Waals surface area contributed by atoms with Crippen molar-refractivity contribution in [2.24, 2.45) is 11.7 Å². The lowest BCUT2D eigenvalue weighted by Gasteiger charge is -2.20. The largest absolute Gasteiger partial charge is 0.393 e. The topological polar surface area (TPSA) is 43.1 Å². The van der Waals surface area contributed by atoms with E-state index in [4.69, 9.17) is 5.73 Å². The summed E-state index contributed by atoms with van der Waals surface area (Å²) in [6, 6.07) is 6.86. The van der Waals surface area contributed by atoms with Crippen LogP contribution in [0.1, 0.15) is 26.3 Å². The molecule has 0 aliphatic rings. The SMILES string of the molecule is CC(C)(C)c1ccc(S(=O)CC(CN)C(F)(F)F)cc1. The maximum atomic E-state index is 12.6. The van der Waals surface area contributed by atoms with Crippen molar-refractivity contribution in [3.63, 3.8) is 0 Å². The van der Waals surface area contributed by atoms with Crippen LogP contribution in [0.15, 0.2) is 29.2 Å². The molecule has 2 atom stereocenters. The molecule has 20 heavy (non-hydrogen) atoms. The number of rotatable bonds is 4. The number of benzene rings is 1. The lowest BCUT2D eigenvalue weighted by atomic mass is 9.87. The molecule has 6 heteroatoms. The molecule has 0 radical (unpaired) electrons. The van der Waals surface area contributed by atoms with Crippen LogP contribution in [-0.4, -0.2) is 22.7 Å². The van der Waals surface area contributed by atoms with Gasteiger partial charge in [-0.15, -0.1) is 0 Å². The van der Waals surface area contributed by atoms with Gasteiger partial charge in [0.05, 0.1) is 16.7 Å². The van der Waals surface area contributed by atoms with Gasteiger partial charge in [-0.05, 0) is 23.1 Å². The lowest BCUT2D eigenvalue weighted by Crippen LogP contribution is -2.34. The van der Waals surface area contributed by atoms with Crippen molar-refractivity contribution >= 4 is 10.8 Å². The van der Waals surface area contributed by atoms with Gasteiger partial charge in [-0.2, -0.15) is 13.2 Å². The molecule has 1 aromatic carbocycles. The number of alkyl halides is 3. The molecule has 2 unspecified atom stereocenters. The standard InChI is InChI=1S/C14H20F3NOS/c1-13(2,3)10-4-6-12(7-5-10)20(19)9-11(8-18)14(15,16)17/h4-7,11H,8-9,18H2,1-3H3. The molecule has 0 bridgehead atoms. The van der Waals surface area contributed by atoms with Crippen molar-refractivity contribution in [2.75, 3.05) is 12.3 Å². The van der Waals surface area contributed by atoms with Gasteiger partial charge in [0.1, 0.15) is 0 Å². The van der Waals surface area contributed by atoms with Crippen LogP contribution in [0.3, 0.4) is 0 Å². The predicted octanol–water partition coefficient (Wildman–Crippen LogP) is 3.23. The Morgan fingerprint density at radius 3 is 2.00 bits per heavy atom. The molecule has 0 saturated carbocycles. The van der Waals surface area contributed by atoms with Crippen LogP contribution in [0, 0.1) is 5.92 Å². The van der Waals surface area contributed by atoms with E-state index in [1.807, 2.05) is 20.8 Å². The first-order valence-corrected chi connectivity index (χ1v) is 7.63. The maximum absolute atomic E-state index is 12.6. The second-order valence-electron chi connectivity index (χ2n) is 5.76. The zero-order valence-electron chi connectivity index (χ0n) is 11.8. The highest BCUT2D eigenvalue weighted by Gasteiger charge is 2.39. The van der Waals surface area contributed by atoms with E-state index in [-0.39, 0.29) is 5.41 Å². The molecular weight excluding hydrogens is 287 g/mol. The first kappa shape index (κ1) is 17.2. The monoisotopic (exact) mass is 307 g/mol. The van der Waals surface area contributed by atoms with E-state index in [0.29, 0.717) is 4.90 Å². The van der Waals surface area contributed by atoms with Gasteiger partial charge in [0.15, 0.2) is 0 Å². The summed E-state index contributed by atoms with van der Waals surface area (Å²) in [5.41, 5.74) is 6.11. The van der Waals surface area contributed by atoms with Gasteiger partial charge in [0, 0.05) is 17.2 Å². The normalized spacial score (nSPS) is 15.9. The zero-order chi connectivity index (χ0) is 15.6. The maximum Gasteiger partial charge on any atom is 0.393 e. The minimum atomic E-state index is -4.41. The van der Waals surface area contributed by atoms with Crippen LogP contribution in [0.25, 0.3) is 0 Å². The van der Waals surface area contributed by atoms with Crippen LogP contribution in [0.5, 0.6) is 0 Å². The molecule has 2 N–H and O–H groups in total. The quantitative estimate of drug-likeness (QED) is 0.928. The van der Waals surface area contributed by atoms with Crippen molar-refractivity contribution in [1.82, 2.24) is 0 Å². The van der Waals surface area contributed by atoms with Crippen molar-refractivity contribution < 1.29 is 17.4 Å². The van der Waals surface area contributed by atoms with Crippen LogP contribution in [-0.2, 0) is 16.2 Å². The summed E-state index contributed by atoms with van der Waals surface area (Å²) in [5.74, 6) is -2.22. The first-order valence-electron chi connectivity index (χ1n) is 6.31. The predicted molar refractivity (Wildman–Crippen MR) is 75.0 cm³/mol. The summed E-state index contributed by atoms with van der Waals surface area (Å²) in [4.78, 5) is 0.403. The molecule has 0 fully saturated rings. The number of hydrogen-bond donors (Lipinski definition) is 1. The van der Waals surface area contributed by atoms with Crippen LogP contribution < -0.4 is 5.73 Å². The van der Waals surface area contributed by atoms with E-state index in [1.165, 1.54) is 0 Å². The Hall–Kier alpha value is -0.880. The third kappa shape index (κ3) is 4.59. The Kier molecular flexibility index (Phi) is 5.38. The van der Waals surface area contributed by atoms with Gasteiger partial charge in [-0.1, -0.05) is 32.9 Å². The van der Waals surface area contributed by atoms with Gasteiger partial charge in [-0.25, -0.2) is 0 Å². The summed E-state index contributed by atoms with van der Waals surface area (Å²) >= 11 is 0. The smallest absolute Gasteiger partial charge is 0.330 e. The molecular formula is C14H20F3NOS. The summed E-state index contributed by atoms with van der Waals surface area (Å²) in [5, 5.41) is 0. The minimum absolute atomic E-state index is 0.0498. The fourth-order valence-electron chi connectivity index (χ4n) is 1.68. The van der Waals surface area contributed by atoms with Gasteiger partial charge < -0.3 is 5.73 Å². The van der Waals surface area contributed by atoms with Crippen LogP contribution >= 0.6 is 0 Å². The molecule has 0 aliphatic carbocycles. The molecule has 1 aromatic rings. The van der Waals surface area contributed by atoms with E-state index in [1.54, 1.807) is 24.3 Å². The van der Waals surface area contributed by atoms with E-state index >= 15 is 0 Å². The third-order valence-corrected chi connectivity index (χ3v) is 4.59. The molecule has 0 aliphatic heterocycles. The van der Waals surface area contributed by atoms with Crippen molar-refractivity contribution in [2.45, 2.75) is 37.3 Å². The van der Waals surface area contributed by atoms with Crippen molar-refractivity contribution in [1.29, 1.82) is 0 Å².